The van der Waals surface area contributed by atoms with Crippen molar-refractivity contribution in [2.45, 2.75) is 51.0 Å². The van der Waals surface area contributed by atoms with Gasteiger partial charge in [-0.2, -0.15) is 0 Å². The molecule has 1 unspecified atom stereocenters. The molecule has 1 aliphatic rings. The third kappa shape index (κ3) is 4.59. The van der Waals surface area contributed by atoms with E-state index >= 15 is 0 Å². The topological polar surface area (TPSA) is 44.8 Å². The van der Waals surface area contributed by atoms with Gasteiger partial charge in [0.05, 0.1) is 11.6 Å². The van der Waals surface area contributed by atoms with Crippen LogP contribution in [-0.4, -0.2) is 24.2 Å². The molecule has 136 valence electrons. The molecule has 0 amide bonds. The van der Waals surface area contributed by atoms with Gasteiger partial charge in [-0.25, -0.2) is 4.57 Å². The summed E-state index contributed by atoms with van der Waals surface area (Å²) in [5, 5.41) is 0.584. The Hall–Kier alpha value is -0.0000000000000000555. The van der Waals surface area contributed by atoms with E-state index in [4.69, 9.17) is 25.4 Å². The van der Waals surface area contributed by atoms with Crippen molar-refractivity contribution in [1.29, 1.82) is 0 Å². The van der Waals surface area contributed by atoms with Crippen LogP contribution in [0.15, 0.2) is 11.0 Å². The van der Waals surface area contributed by atoms with Crippen molar-refractivity contribution in [2.75, 3.05) is 18.6 Å². The second-order valence-electron chi connectivity index (χ2n) is 6.03. The highest BCUT2D eigenvalue weighted by Gasteiger charge is 2.38. The van der Waals surface area contributed by atoms with E-state index in [1.807, 2.05) is 27.0 Å². The fourth-order valence-electron chi connectivity index (χ4n) is 2.51. The molecule has 1 heterocycles. The quantitative estimate of drug-likeness (QED) is 0.363. The largest absolute Gasteiger partial charge is 0.483 e. The van der Waals surface area contributed by atoms with Gasteiger partial charge in [0.25, 0.3) is 0 Å². The molecule has 8 heteroatoms. The molecular formula is C16H24ClO4PS2. The van der Waals surface area contributed by atoms with Gasteiger partial charge >= 0.3 is 6.80 Å². The van der Waals surface area contributed by atoms with Crippen molar-refractivity contribution in [3.63, 3.8) is 0 Å². The van der Waals surface area contributed by atoms with Gasteiger partial charge in [-0.05, 0) is 44.8 Å². The van der Waals surface area contributed by atoms with Crippen LogP contribution >= 0.6 is 41.5 Å². The summed E-state index contributed by atoms with van der Waals surface area (Å²) < 4.78 is 30.3. The van der Waals surface area contributed by atoms with Crippen molar-refractivity contribution in [3.8, 4) is 11.5 Å². The molecule has 0 saturated carbocycles. The zero-order valence-corrected chi connectivity index (χ0v) is 18.0. The van der Waals surface area contributed by atoms with Crippen LogP contribution in [0.4, 0.5) is 0 Å². The number of halogens is 1. The van der Waals surface area contributed by atoms with Gasteiger partial charge in [-0.3, -0.25) is 4.52 Å². The van der Waals surface area contributed by atoms with E-state index in [1.54, 1.807) is 24.8 Å². The standard InChI is InChI=1S/C16H24ClO4PS2/c1-6-8-24-22(18,19-7-2)21-13-9-12(17)15(23-5)11-10-16(3,4)20-14(11)13/h9H,6-8,10H2,1-5H3. The van der Waals surface area contributed by atoms with Gasteiger partial charge in [0.1, 0.15) is 5.60 Å². The molecule has 0 aromatic heterocycles. The van der Waals surface area contributed by atoms with Crippen LogP contribution in [0.2, 0.25) is 5.02 Å². The average molecular weight is 411 g/mol. The van der Waals surface area contributed by atoms with Gasteiger partial charge in [-0.15, -0.1) is 11.8 Å². The Morgan fingerprint density at radius 3 is 2.71 bits per heavy atom. The first kappa shape index (κ1) is 20.3. The zero-order valence-electron chi connectivity index (χ0n) is 14.7. The van der Waals surface area contributed by atoms with Crippen LogP contribution in [0.5, 0.6) is 11.5 Å². The number of thioether (sulfide) groups is 1. The summed E-state index contributed by atoms with van der Waals surface area (Å²) in [6.45, 7) is 4.87. The number of hydrogen-bond acceptors (Lipinski definition) is 6. The van der Waals surface area contributed by atoms with E-state index in [-0.39, 0.29) is 5.60 Å². The predicted molar refractivity (Wildman–Crippen MR) is 104 cm³/mol. The summed E-state index contributed by atoms with van der Waals surface area (Å²) in [4.78, 5) is 0.983. The van der Waals surface area contributed by atoms with Gasteiger partial charge in [-0.1, -0.05) is 18.5 Å². The van der Waals surface area contributed by atoms with E-state index in [1.165, 1.54) is 11.4 Å². The predicted octanol–water partition coefficient (Wildman–Crippen LogP) is 6.44. The lowest BCUT2D eigenvalue weighted by atomic mass is 10.0. The maximum atomic E-state index is 13.0. The van der Waals surface area contributed by atoms with E-state index in [0.29, 0.717) is 28.9 Å². The van der Waals surface area contributed by atoms with Crippen molar-refractivity contribution >= 4 is 41.5 Å². The van der Waals surface area contributed by atoms with Crippen LogP contribution in [0.25, 0.3) is 0 Å². The number of ether oxygens (including phenoxy) is 1. The molecule has 0 radical (unpaired) electrons. The molecule has 1 aliphatic heterocycles. The number of rotatable bonds is 8. The first-order valence-electron chi connectivity index (χ1n) is 7.92. The molecule has 0 aliphatic carbocycles. The molecule has 0 spiro atoms. The minimum Gasteiger partial charge on any atom is -0.483 e. The molecule has 2 rings (SSSR count). The van der Waals surface area contributed by atoms with Crippen LogP contribution in [0, 0.1) is 0 Å². The minimum absolute atomic E-state index is 0.319. The van der Waals surface area contributed by atoms with Crippen molar-refractivity contribution in [2.24, 2.45) is 0 Å². The van der Waals surface area contributed by atoms with Crippen LogP contribution in [0.3, 0.4) is 0 Å². The Balaban J connectivity index is 2.43. The van der Waals surface area contributed by atoms with Crippen molar-refractivity contribution < 1.29 is 18.3 Å². The van der Waals surface area contributed by atoms with E-state index in [0.717, 1.165) is 23.3 Å². The van der Waals surface area contributed by atoms with E-state index in [9.17, 15) is 4.57 Å². The lowest BCUT2D eigenvalue weighted by Crippen LogP contribution is -2.24. The van der Waals surface area contributed by atoms with Crippen molar-refractivity contribution in [3.05, 3.63) is 16.7 Å². The summed E-state index contributed by atoms with van der Waals surface area (Å²) in [7, 11) is 0. The molecular weight excluding hydrogens is 387 g/mol. The maximum Gasteiger partial charge on any atom is 0.440 e. The molecule has 24 heavy (non-hydrogen) atoms. The normalized spacial score (nSPS) is 17.9. The fourth-order valence-corrected chi connectivity index (χ4v) is 7.06. The molecule has 1 atom stereocenters. The molecule has 0 bridgehead atoms. The van der Waals surface area contributed by atoms with Gasteiger partial charge in [0.2, 0.25) is 0 Å². The number of benzene rings is 1. The number of hydrogen-bond donors (Lipinski definition) is 0. The highest BCUT2D eigenvalue weighted by atomic mass is 35.5. The molecule has 1 aromatic carbocycles. The number of fused-ring (bicyclic) bond motifs is 1. The molecule has 4 nitrogen and oxygen atoms in total. The average Bonchev–Trinajstić information content (AvgIpc) is 2.81. The SMILES string of the molecule is CCCSP(=O)(OCC)Oc1cc(Cl)c(SC)c2c1OC(C)(C)C2. The highest BCUT2D eigenvalue weighted by Crippen LogP contribution is 2.63. The molecule has 0 fully saturated rings. The summed E-state index contributed by atoms with van der Waals surface area (Å²) in [6, 6.07) is 1.69. The first-order chi connectivity index (χ1) is 11.2. The summed E-state index contributed by atoms with van der Waals surface area (Å²) in [6.07, 6.45) is 3.60. The lowest BCUT2D eigenvalue weighted by molar-refractivity contribution is 0.135. The summed E-state index contributed by atoms with van der Waals surface area (Å²) >= 11 is 9.21. The Morgan fingerprint density at radius 2 is 2.12 bits per heavy atom. The van der Waals surface area contributed by atoms with Crippen LogP contribution in [-0.2, 0) is 15.5 Å². The molecule has 0 saturated heterocycles. The van der Waals surface area contributed by atoms with Gasteiger partial charge < -0.3 is 9.26 Å². The van der Waals surface area contributed by atoms with Gasteiger partial charge in [0, 0.05) is 28.7 Å². The van der Waals surface area contributed by atoms with Crippen LogP contribution in [0.1, 0.15) is 39.7 Å². The first-order valence-corrected chi connectivity index (χ1v) is 12.7. The second kappa shape index (κ2) is 8.13. The third-order valence-electron chi connectivity index (χ3n) is 3.38. The smallest absolute Gasteiger partial charge is 0.440 e. The molecule has 0 N–H and O–H groups in total. The molecule has 1 aromatic rings. The maximum absolute atomic E-state index is 13.0. The summed E-state index contributed by atoms with van der Waals surface area (Å²) in [5.74, 6) is 1.73. The van der Waals surface area contributed by atoms with Crippen LogP contribution < -0.4 is 9.26 Å². The van der Waals surface area contributed by atoms with E-state index in [2.05, 4.69) is 0 Å². The second-order valence-corrected chi connectivity index (χ2v) is 11.4. The zero-order chi connectivity index (χ0) is 18.0. The Morgan fingerprint density at radius 1 is 1.42 bits per heavy atom. The fraction of sp³-hybridized carbons (Fsp3) is 0.625. The minimum atomic E-state index is -3.30. The Kier molecular flexibility index (Phi) is 6.88. The van der Waals surface area contributed by atoms with Gasteiger partial charge in [0.15, 0.2) is 11.5 Å². The third-order valence-corrected chi connectivity index (χ3v) is 8.61. The Labute approximate surface area is 157 Å². The van der Waals surface area contributed by atoms with Crippen molar-refractivity contribution in [1.82, 2.24) is 0 Å². The monoisotopic (exact) mass is 410 g/mol. The highest BCUT2D eigenvalue weighted by molar-refractivity contribution is 8.55. The van der Waals surface area contributed by atoms with E-state index < -0.39 is 6.80 Å². The Bertz CT molecular complexity index is 651. The lowest BCUT2D eigenvalue weighted by Gasteiger charge is -2.21. The summed E-state index contributed by atoms with van der Waals surface area (Å²) in [5.41, 5.74) is 0.667.